The van der Waals surface area contributed by atoms with Gasteiger partial charge in [0.2, 0.25) is 0 Å². The van der Waals surface area contributed by atoms with Crippen molar-refractivity contribution in [3.8, 4) is 0 Å². The fourth-order valence-corrected chi connectivity index (χ4v) is 3.02. The summed E-state index contributed by atoms with van der Waals surface area (Å²) in [5, 5.41) is 0. The largest absolute Gasteiger partial charge is 0.301 e. The molecule has 1 fully saturated rings. The van der Waals surface area contributed by atoms with Crippen molar-refractivity contribution in [2.75, 3.05) is 26.2 Å². The van der Waals surface area contributed by atoms with Crippen LogP contribution in [0.15, 0.2) is 30.3 Å². The number of likely N-dealkylation sites (tertiary alicyclic amines) is 1. The predicted octanol–water partition coefficient (Wildman–Crippen LogP) is 3.84. The van der Waals surface area contributed by atoms with E-state index in [1.165, 1.54) is 44.6 Å². The SMILES string of the molecule is CCN(CC)C1CCN(Cc2ccccc2)CC1.Cl.Cl. The van der Waals surface area contributed by atoms with E-state index in [1.807, 2.05) is 0 Å². The fraction of sp³-hybridized carbons (Fsp3) is 0.625. The van der Waals surface area contributed by atoms with Crippen molar-refractivity contribution in [3.05, 3.63) is 35.9 Å². The Labute approximate surface area is 136 Å². The van der Waals surface area contributed by atoms with Crippen molar-refractivity contribution in [2.45, 2.75) is 39.3 Å². The second-order valence-electron chi connectivity index (χ2n) is 5.21. The van der Waals surface area contributed by atoms with E-state index in [0.29, 0.717) is 0 Å². The van der Waals surface area contributed by atoms with Crippen LogP contribution in [-0.4, -0.2) is 42.0 Å². The molecule has 2 rings (SSSR count). The van der Waals surface area contributed by atoms with Gasteiger partial charge in [-0.05, 0) is 44.6 Å². The van der Waals surface area contributed by atoms with Crippen LogP contribution in [0.4, 0.5) is 0 Å². The maximum atomic E-state index is 2.61. The smallest absolute Gasteiger partial charge is 0.0233 e. The van der Waals surface area contributed by atoms with Gasteiger partial charge in [0.05, 0.1) is 0 Å². The molecule has 1 aromatic carbocycles. The minimum absolute atomic E-state index is 0. The Balaban J connectivity index is 0.00000180. The zero-order valence-corrected chi connectivity index (χ0v) is 14.3. The molecule has 1 saturated heterocycles. The molecule has 1 heterocycles. The summed E-state index contributed by atoms with van der Waals surface area (Å²) in [7, 11) is 0. The molecule has 1 aliphatic heterocycles. The van der Waals surface area contributed by atoms with Gasteiger partial charge in [-0.15, -0.1) is 24.8 Å². The van der Waals surface area contributed by atoms with Gasteiger partial charge in [0.15, 0.2) is 0 Å². The number of hydrogen-bond donors (Lipinski definition) is 0. The van der Waals surface area contributed by atoms with Gasteiger partial charge in [0.25, 0.3) is 0 Å². The van der Waals surface area contributed by atoms with Crippen molar-refractivity contribution >= 4 is 24.8 Å². The van der Waals surface area contributed by atoms with Crippen molar-refractivity contribution in [2.24, 2.45) is 0 Å². The molecule has 0 atom stereocenters. The number of halogens is 2. The number of benzene rings is 1. The van der Waals surface area contributed by atoms with Crippen molar-refractivity contribution in [3.63, 3.8) is 0 Å². The first-order valence-electron chi connectivity index (χ1n) is 7.33. The van der Waals surface area contributed by atoms with Crippen LogP contribution < -0.4 is 0 Å². The van der Waals surface area contributed by atoms with Crippen molar-refractivity contribution < 1.29 is 0 Å². The molecule has 4 heteroatoms. The van der Waals surface area contributed by atoms with E-state index in [1.54, 1.807) is 0 Å². The molecule has 0 N–H and O–H groups in total. The van der Waals surface area contributed by atoms with E-state index in [4.69, 9.17) is 0 Å². The van der Waals surface area contributed by atoms with Crippen molar-refractivity contribution in [1.82, 2.24) is 9.80 Å². The molecule has 116 valence electrons. The molecule has 0 saturated carbocycles. The Bertz CT molecular complexity index is 334. The van der Waals surface area contributed by atoms with Crippen LogP contribution in [0.25, 0.3) is 0 Å². The molecule has 0 aliphatic carbocycles. The minimum Gasteiger partial charge on any atom is -0.301 e. The zero-order chi connectivity index (χ0) is 12.8. The highest BCUT2D eigenvalue weighted by atomic mass is 35.5. The monoisotopic (exact) mass is 318 g/mol. The molecular formula is C16H28Cl2N2. The summed E-state index contributed by atoms with van der Waals surface area (Å²) in [5.41, 5.74) is 1.44. The molecule has 0 amide bonds. The zero-order valence-electron chi connectivity index (χ0n) is 12.6. The second-order valence-corrected chi connectivity index (χ2v) is 5.21. The van der Waals surface area contributed by atoms with E-state index in [9.17, 15) is 0 Å². The average Bonchev–Trinajstić information content (AvgIpc) is 2.43. The first-order valence-corrected chi connectivity index (χ1v) is 7.33. The maximum Gasteiger partial charge on any atom is 0.0233 e. The first-order chi connectivity index (χ1) is 8.83. The molecule has 20 heavy (non-hydrogen) atoms. The summed E-state index contributed by atoms with van der Waals surface area (Å²) >= 11 is 0. The van der Waals surface area contributed by atoms with E-state index < -0.39 is 0 Å². The van der Waals surface area contributed by atoms with Crippen LogP contribution >= 0.6 is 24.8 Å². The summed E-state index contributed by atoms with van der Waals surface area (Å²) in [6, 6.07) is 11.6. The third kappa shape index (κ3) is 5.61. The first kappa shape index (κ1) is 19.7. The molecule has 1 aromatic rings. The average molecular weight is 319 g/mol. The molecule has 0 spiro atoms. The lowest BCUT2D eigenvalue weighted by Crippen LogP contribution is -2.44. The fourth-order valence-electron chi connectivity index (χ4n) is 3.02. The summed E-state index contributed by atoms with van der Waals surface area (Å²) < 4.78 is 0. The van der Waals surface area contributed by atoms with Gasteiger partial charge in [-0.2, -0.15) is 0 Å². The molecule has 0 bridgehead atoms. The van der Waals surface area contributed by atoms with Gasteiger partial charge in [0, 0.05) is 12.6 Å². The third-order valence-electron chi connectivity index (χ3n) is 4.13. The van der Waals surface area contributed by atoms with Crippen LogP contribution in [-0.2, 0) is 6.54 Å². The van der Waals surface area contributed by atoms with E-state index in [2.05, 4.69) is 54.0 Å². The molecule has 2 nitrogen and oxygen atoms in total. The lowest BCUT2D eigenvalue weighted by Gasteiger charge is -2.37. The van der Waals surface area contributed by atoms with Crippen LogP contribution in [0.1, 0.15) is 32.3 Å². The highest BCUT2D eigenvalue weighted by molar-refractivity contribution is 5.85. The lowest BCUT2D eigenvalue weighted by atomic mass is 10.0. The van der Waals surface area contributed by atoms with Crippen LogP contribution in [0.2, 0.25) is 0 Å². The third-order valence-corrected chi connectivity index (χ3v) is 4.13. The number of rotatable bonds is 5. The van der Waals surface area contributed by atoms with Gasteiger partial charge < -0.3 is 4.90 Å². The molecular weight excluding hydrogens is 291 g/mol. The van der Waals surface area contributed by atoms with Crippen LogP contribution in [0, 0.1) is 0 Å². The Morgan fingerprint density at radius 2 is 1.55 bits per heavy atom. The Hall–Kier alpha value is -0.280. The summed E-state index contributed by atoms with van der Waals surface area (Å²) in [6.07, 6.45) is 2.66. The standard InChI is InChI=1S/C16H26N2.2ClH/c1-3-18(4-2)16-10-12-17(13-11-16)14-15-8-6-5-7-9-15;;/h5-9,16H,3-4,10-14H2,1-2H3;2*1H. The Kier molecular flexibility index (Phi) is 10.3. The number of nitrogens with zero attached hydrogens (tertiary/aromatic N) is 2. The van der Waals surface area contributed by atoms with Gasteiger partial charge in [0.1, 0.15) is 0 Å². The molecule has 0 radical (unpaired) electrons. The topological polar surface area (TPSA) is 6.48 Å². The highest BCUT2D eigenvalue weighted by Gasteiger charge is 2.22. The van der Waals surface area contributed by atoms with Crippen LogP contribution in [0.5, 0.6) is 0 Å². The summed E-state index contributed by atoms with van der Waals surface area (Å²) in [5.74, 6) is 0. The molecule has 0 unspecified atom stereocenters. The maximum absolute atomic E-state index is 2.61. The lowest BCUT2D eigenvalue weighted by molar-refractivity contribution is 0.113. The van der Waals surface area contributed by atoms with Crippen molar-refractivity contribution in [1.29, 1.82) is 0 Å². The van der Waals surface area contributed by atoms with Gasteiger partial charge in [-0.25, -0.2) is 0 Å². The van der Waals surface area contributed by atoms with Gasteiger partial charge in [-0.1, -0.05) is 44.2 Å². The van der Waals surface area contributed by atoms with E-state index in [-0.39, 0.29) is 24.8 Å². The molecule has 1 aliphatic rings. The summed E-state index contributed by atoms with van der Waals surface area (Å²) in [6.45, 7) is 10.6. The number of hydrogen-bond acceptors (Lipinski definition) is 2. The quantitative estimate of drug-likeness (QED) is 0.814. The normalized spacial score (nSPS) is 16.6. The minimum atomic E-state index is 0. The van der Waals surface area contributed by atoms with E-state index in [0.717, 1.165) is 12.6 Å². The predicted molar refractivity (Wildman–Crippen MR) is 92.2 cm³/mol. The molecule has 0 aromatic heterocycles. The Morgan fingerprint density at radius 3 is 2.05 bits per heavy atom. The van der Waals surface area contributed by atoms with E-state index >= 15 is 0 Å². The highest BCUT2D eigenvalue weighted by Crippen LogP contribution is 2.18. The van der Waals surface area contributed by atoms with Gasteiger partial charge in [-0.3, -0.25) is 4.90 Å². The summed E-state index contributed by atoms with van der Waals surface area (Å²) in [4.78, 5) is 5.20. The Morgan fingerprint density at radius 1 is 1.00 bits per heavy atom. The second kappa shape index (κ2) is 10.4. The number of piperidine rings is 1. The van der Waals surface area contributed by atoms with Crippen LogP contribution in [0.3, 0.4) is 0 Å². The van der Waals surface area contributed by atoms with Gasteiger partial charge >= 0.3 is 0 Å².